The van der Waals surface area contributed by atoms with Crippen LogP contribution in [0.15, 0.2) is 53.4 Å². The van der Waals surface area contributed by atoms with Crippen molar-refractivity contribution in [3.05, 3.63) is 59.7 Å². The third-order valence-corrected chi connectivity index (χ3v) is 6.36. The first-order chi connectivity index (χ1) is 14.2. The van der Waals surface area contributed by atoms with Crippen LogP contribution in [0.25, 0.3) is 0 Å². The van der Waals surface area contributed by atoms with Crippen LogP contribution in [0, 0.1) is 6.92 Å². The second-order valence-corrected chi connectivity index (χ2v) is 8.86. The first-order valence-electron chi connectivity index (χ1n) is 9.22. The molecule has 2 heterocycles. The molecule has 30 heavy (non-hydrogen) atoms. The molecular formula is C20H19N3O6S. The summed E-state index contributed by atoms with van der Waals surface area (Å²) in [5, 5.41) is 0. The van der Waals surface area contributed by atoms with Gasteiger partial charge in [-0.15, -0.1) is 0 Å². The van der Waals surface area contributed by atoms with Crippen LogP contribution in [0.2, 0.25) is 0 Å². The highest BCUT2D eigenvalue weighted by molar-refractivity contribution is 7.92. The Labute approximate surface area is 173 Å². The molecule has 0 spiro atoms. The van der Waals surface area contributed by atoms with E-state index >= 15 is 0 Å². The van der Waals surface area contributed by atoms with Crippen molar-refractivity contribution in [3.8, 4) is 0 Å². The van der Waals surface area contributed by atoms with Crippen LogP contribution in [0.3, 0.4) is 0 Å². The van der Waals surface area contributed by atoms with Crippen LogP contribution in [-0.2, 0) is 19.6 Å². The van der Waals surface area contributed by atoms with Crippen LogP contribution in [0.5, 0.6) is 0 Å². The van der Waals surface area contributed by atoms with E-state index < -0.39 is 22.0 Å². The number of anilines is 1. The highest BCUT2D eigenvalue weighted by Gasteiger charge is 2.44. The summed E-state index contributed by atoms with van der Waals surface area (Å²) in [6.45, 7) is 2.02. The SMILES string of the molecule is Cc1cccc(S(=O)(=O)Nc2ccc(C(=O)N3CC(N4C(=O)COC4=O)C3)cc2)c1. The molecule has 0 atom stereocenters. The summed E-state index contributed by atoms with van der Waals surface area (Å²) in [6, 6.07) is 12.3. The third-order valence-electron chi connectivity index (χ3n) is 4.98. The first-order valence-corrected chi connectivity index (χ1v) is 10.7. The quantitative estimate of drug-likeness (QED) is 0.772. The minimum Gasteiger partial charge on any atom is -0.439 e. The lowest BCUT2D eigenvalue weighted by molar-refractivity contribution is -0.129. The van der Waals surface area contributed by atoms with E-state index in [1.165, 1.54) is 35.2 Å². The van der Waals surface area contributed by atoms with Gasteiger partial charge < -0.3 is 9.64 Å². The monoisotopic (exact) mass is 429 g/mol. The van der Waals surface area contributed by atoms with E-state index in [0.717, 1.165) is 10.5 Å². The van der Waals surface area contributed by atoms with Crippen molar-refractivity contribution in [2.45, 2.75) is 17.9 Å². The van der Waals surface area contributed by atoms with Crippen LogP contribution in [-0.4, -0.2) is 61.9 Å². The van der Waals surface area contributed by atoms with Crippen molar-refractivity contribution < 1.29 is 27.5 Å². The van der Waals surface area contributed by atoms with Gasteiger partial charge >= 0.3 is 6.09 Å². The zero-order chi connectivity index (χ0) is 21.5. The number of amides is 3. The number of sulfonamides is 1. The summed E-state index contributed by atoms with van der Waals surface area (Å²) in [5.41, 5.74) is 1.54. The second kappa shape index (κ2) is 7.45. The Kier molecular flexibility index (Phi) is 4.94. The van der Waals surface area contributed by atoms with Gasteiger partial charge in [-0.3, -0.25) is 14.3 Å². The number of ether oxygens (including phenoxy) is 1. The molecule has 2 aliphatic heterocycles. The maximum Gasteiger partial charge on any atom is 0.417 e. The molecule has 156 valence electrons. The van der Waals surface area contributed by atoms with Gasteiger partial charge in [-0.25, -0.2) is 18.1 Å². The molecule has 0 bridgehead atoms. The fourth-order valence-electron chi connectivity index (χ4n) is 3.36. The van der Waals surface area contributed by atoms with E-state index in [0.29, 0.717) is 11.3 Å². The third kappa shape index (κ3) is 3.73. The number of carbonyl (C=O) groups excluding carboxylic acids is 3. The van der Waals surface area contributed by atoms with Crippen LogP contribution in [0.4, 0.5) is 10.5 Å². The Balaban J connectivity index is 1.39. The average molecular weight is 429 g/mol. The number of aryl methyl sites for hydroxylation is 1. The molecule has 0 saturated carbocycles. The van der Waals surface area contributed by atoms with Gasteiger partial charge in [-0.1, -0.05) is 12.1 Å². The summed E-state index contributed by atoms with van der Waals surface area (Å²) < 4.78 is 32.2. The highest BCUT2D eigenvalue weighted by Crippen LogP contribution is 2.23. The number of nitrogens with one attached hydrogen (secondary N) is 1. The molecule has 0 unspecified atom stereocenters. The van der Waals surface area contributed by atoms with Crippen molar-refractivity contribution in [2.75, 3.05) is 24.4 Å². The van der Waals surface area contributed by atoms with Crippen LogP contribution < -0.4 is 4.72 Å². The minimum absolute atomic E-state index is 0.157. The van der Waals surface area contributed by atoms with Crippen LogP contribution >= 0.6 is 0 Å². The van der Waals surface area contributed by atoms with Gasteiger partial charge in [0.1, 0.15) is 0 Å². The summed E-state index contributed by atoms with van der Waals surface area (Å²) in [5.74, 6) is -0.665. The van der Waals surface area contributed by atoms with E-state index in [1.807, 2.05) is 13.0 Å². The van der Waals surface area contributed by atoms with Crippen molar-refractivity contribution in [1.29, 1.82) is 0 Å². The van der Waals surface area contributed by atoms with Crippen molar-refractivity contribution in [1.82, 2.24) is 9.80 Å². The van der Waals surface area contributed by atoms with E-state index in [9.17, 15) is 22.8 Å². The van der Waals surface area contributed by atoms with Gasteiger partial charge in [-0.2, -0.15) is 0 Å². The van der Waals surface area contributed by atoms with Gasteiger partial charge in [0.2, 0.25) is 0 Å². The smallest absolute Gasteiger partial charge is 0.417 e. The molecule has 2 fully saturated rings. The number of cyclic esters (lactones) is 1. The van der Waals surface area contributed by atoms with E-state index in [4.69, 9.17) is 0 Å². The van der Waals surface area contributed by atoms with Crippen molar-refractivity contribution in [3.63, 3.8) is 0 Å². The number of rotatable bonds is 5. The van der Waals surface area contributed by atoms with Gasteiger partial charge in [0, 0.05) is 24.3 Å². The second-order valence-electron chi connectivity index (χ2n) is 7.18. The molecule has 2 aromatic carbocycles. The molecule has 4 rings (SSSR count). The summed E-state index contributed by atoms with van der Waals surface area (Å²) in [7, 11) is -3.73. The normalized spacial score (nSPS) is 17.0. The predicted molar refractivity (Wildman–Crippen MR) is 106 cm³/mol. The lowest BCUT2D eigenvalue weighted by Gasteiger charge is -2.41. The molecule has 3 amide bonds. The molecule has 2 aliphatic rings. The molecule has 0 aromatic heterocycles. The molecule has 2 saturated heterocycles. The van der Waals surface area contributed by atoms with Gasteiger partial charge in [0.25, 0.3) is 21.8 Å². The summed E-state index contributed by atoms with van der Waals surface area (Å²) >= 11 is 0. The molecular weight excluding hydrogens is 410 g/mol. The Bertz CT molecular complexity index is 1110. The number of carbonyl (C=O) groups is 3. The molecule has 2 aromatic rings. The lowest BCUT2D eigenvalue weighted by Crippen LogP contribution is -2.62. The highest BCUT2D eigenvalue weighted by atomic mass is 32.2. The molecule has 0 aliphatic carbocycles. The lowest BCUT2D eigenvalue weighted by atomic mass is 10.0. The maximum absolute atomic E-state index is 12.6. The average Bonchev–Trinajstić information content (AvgIpc) is 3.00. The summed E-state index contributed by atoms with van der Waals surface area (Å²) in [6.07, 6.45) is -0.678. The van der Waals surface area contributed by atoms with E-state index in [1.54, 1.807) is 12.1 Å². The first kappa shape index (κ1) is 19.9. The Hall–Kier alpha value is -3.40. The Morgan fingerprint density at radius 1 is 1.10 bits per heavy atom. The molecule has 1 N–H and O–H groups in total. The maximum atomic E-state index is 12.6. The standard InChI is InChI=1S/C20H19N3O6S/c1-13-3-2-4-17(9-13)30(27,28)21-15-7-5-14(6-8-15)19(25)22-10-16(11-22)23-18(24)12-29-20(23)26/h2-9,16,21H,10-12H2,1H3. The van der Waals surface area contributed by atoms with Gasteiger partial charge in [0.15, 0.2) is 6.61 Å². The van der Waals surface area contributed by atoms with E-state index in [2.05, 4.69) is 9.46 Å². The van der Waals surface area contributed by atoms with Gasteiger partial charge in [-0.05, 0) is 48.9 Å². The fraction of sp³-hybridized carbons (Fsp3) is 0.250. The zero-order valence-electron chi connectivity index (χ0n) is 16.1. The largest absolute Gasteiger partial charge is 0.439 e. The molecule has 9 nitrogen and oxygen atoms in total. The zero-order valence-corrected chi connectivity index (χ0v) is 16.9. The van der Waals surface area contributed by atoms with Crippen LogP contribution in [0.1, 0.15) is 15.9 Å². The number of hydrogen-bond acceptors (Lipinski definition) is 6. The Morgan fingerprint density at radius 3 is 2.40 bits per heavy atom. The van der Waals surface area contributed by atoms with Crippen molar-refractivity contribution >= 4 is 33.6 Å². The number of benzene rings is 2. The number of hydrogen-bond donors (Lipinski definition) is 1. The number of nitrogens with zero attached hydrogens (tertiary/aromatic N) is 2. The molecule has 10 heteroatoms. The number of likely N-dealkylation sites (tertiary alicyclic amines) is 1. The van der Waals surface area contributed by atoms with Crippen molar-refractivity contribution in [2.24, 2.45) is 0 Å². The predicted octanol–water partition coefficient (Wildman–Crippen LogP) is 1.60. The van der Waals surface area contributed by atoms with Gasteiger partial charge in [0.05, 0.1) is 10.9 Å². The number of imide groups is 1. The fourth-order valence-corrected chi connectivity index (χ4v) is 4.52. The van der Waals surface area contributed by atoms with E-state index in [-0.39, 0.29) is 36.5 Å². The molecule has 0 radical (unpaired) electrons. The minimum atomic E-state index is -3.73. The summed E-state index contributed by atoms with van der Waals surface area (Å²) in [4.78, 5) is 38.5. The Morgan fingerprint density at radius 2 is 1.80 bits per heavy atom. The topological polar surface area (TPSA) is 113 Å².